The van der Waals surface area contributed by atoms with Gasteiger partial charge in [0, 0.05) is 11.4 Å². The van der Waals surface area contributed by atoms with E-state index >= 15 is 0 Å². The SMILES string of the molecule is N#CC(C#N)=Cc1ccccc1Nc1cccc(Cc2ccccc2)c1. The van der Waals surface area contributed by atoms with E-state index < -0.39 is 0 Å². The molecule has 0 heterocycles. The molecule has 124 valence electrons. The van der Waals surface area contributed by atoms with Gasteiger partial charge in [-0.05, 0) is 47.4 Å². The molecule has 3 nitrogen and oxygen atoms in total. The van der Waals surface area contributed by atoms with E-state index in [4.69, 9.17) is 10.5 Å². The van der Waals surface area contributed by atoms with Crippen molar-refractivity contribution in [1.29, 1.82) is 10.5 Å². The Morgan fingerprint density at radius 2 is 1.50 bits per heavy atom. The van der Waals surface area contributed by atoms with Crippen LogP contribution in [0.15, 0.2) is 84.4 Å². The monoisotopic (exact) mass is 335 g/mol. The fourth-order valence-electron chi connectivity index (χ4n) is 2.73. The number of rotatable bonds is 5. The zero-order valence-electron chi connectivity index (χ0n) is 14.2. The number of nitrogens with one attached hydrogen (secondary N) is 1. The van der Waals surface area contributed by atoms with Crippen LogP contribution in [0, 0.1) is 22.7 Å². The molecule has 0 saturated heterocycles. The molecule has 26 heavy (non-hydrogen) atoms. The minimum Gasteiger partial charge on any atom is -0.355 e. The number of nitriles is 2. The molecule has 0 aliphatic carbocycles. The van der Waals surface area contributed by atoms with Crippen LogP contribution in [0.4, 0.5) is 11.4 Å². The topological polar surface area (TPSA) is 59.6 Å². The second-order valence-electron chi connectivity index (χ2n) is 5.86. The van der Waals surface area contributed by atoms with Crippen LogP contribution in [0.5, 0.6) is 0 Å². The van der Waals surface area contributed by atoms with Gasteiger partial charge in [-0.1, -0.05) is 60.7 Å². The molecule has 3 heteroatoms. The van der Waals surface area contributed by atoms with Gasteiger partial charge in [-0.2, -0.15) is 10.5 Å². The minimum atomic E-state index is 0.0806. The van der Waals surface area contributed by atoms with Crippen molar-refractivity contribution >= 4 is 17.5 Å². The van der Waals surface area contributed by atoms with Gasteiger partial charge in [-0.3, -0.25) is 0 Å². The van der Waals surface area contributed by atoms with Crippen LogP contribution >= 0.6 is 0 Å². The summed E-state index contributed by atoms with van der Waals surface area (Å²) in [6.07, 6.45) is 2.46. The molecule has 0 spiro atoms. The molecule has 3 aromatic carbocycles. The Labute approximate surface area is 153 Å². The molecule has 0 amide bonds. The molecule has 0 atom stereocenters. The second kappa shape index (κ2) is 8.33. The van der Waals surface area contributed by atoms with Crippen molar-refractivity contribution in [3.63, 3.8) is 0 Å². The van der Waals surface area contributed by atoms with Crippen LogP contribution in [0.25, 0.3) is 6.08 Å². The average Bonchev–Trinajstić information content (AvgIpc) is 2.68. The van der Waals surface area contributed by atoms with Gasteiger partial charge in [-0.15, -0.1) is 0 Å². The van der Waals surface area contributed by atoms with Gasteiger partial charge in [0.2, 0.25) is 0 Å². The first-order valence-corrected chi connectivity index (χ1v) is 8.29. The van der Waals surface area contributed by atoms with E-state index in [1.807, 2.05) is 66.7 Å². The van der Waals surface area contributed by atoms with Gasteiger partial charge >= 0.3 is 0 Å². The van der Waals surface area contributed by atoms with Gasteiger partial charge in [0.05, 0.1) is 0 Å². The number of anilines is 2. The Morgan fingerprint density at radius 3 is 2.27 bits per heavy atom. The third kappa shape index (κ3) is 4.38. The average molecular weight is 335 g/mol. The Morgan fingerprint density at radius 1 is 0.808 bits per heavy atom. The van der Waals surface area contributed by atoms with E-state index in [1.54, 1.807) is 6.08 Å². The van der Waals surface area contributed by atoms with Crippen LogP contribution in [-0.2, 0) is 6.42 Å². The highest BCUT2D eigenvalue weighted by Crippen LogP contribution is 2.24. The summed E-state index contributed by atoms with van der Waals surface area (Å²) in [7, 11) is 0. The molecule has 0 aliphatic heterocycles. The van der Waals surface area contributed by atoms with E-state index in [2.05, 4.69) is 29.6 Å². The summed E-state index contributed by atoms with van der Waals surface area (Å²) in [5.74, 6) is 0. The van der Waals surface area contributed by atoms with E-state index in [-0.39, 0.29) is 5.57 Å². The summed E-state index contributed by atoms with van der Waals surface area (Å²) >= 11 is 0. The maximum Gasteiger partial charge on any atom is 0.130 e. The lowest BCUT2D eigenvalue weighted by atomic mass is 10.0. The molecule has 0 aliphatic rings. The summed E-state index contributed by atoms with van der Waals surface area (Å²) < 4.78 is 0. The Kier molecular flexibility index (Phi) is 5.45. The summed E-state index contributed by atoms with van der Waals surface area (Å²) in [4.78, 5) is 0. The van der Waals surface area contributed by atoms with Crippen molar-refractivity contribution < 1.29 is 0 Å². The standard InChI is InChI=1S/C23H17N3/c24-16-20(17-25)14-21-10-4-5-12-23(21)26-22-11-6-9-19(15-22)13-18-7-2-1-3-8-18/h1-12,14-15,26H,13H2. The molecule has 0 fully saturated rings. The predicted octanol–water partition coefficient (Wildman–Crippen LogP) is 5.45. The van der Waals surface area contributed by atoms with Gasteiger partial charge in [0.1, 0.15) is 17.7 Å². The number of para-hydroxylation sites is 1. The van der Waals surface area contributed by atoms with Crippen LogP contribution in [-0.4, -0.2) is 0 Å². The zero-order chi connectivity index (χ0) is 18.2. The third-order valence-corrected chi connectivity index (χ3v) is 3.96. The molecule has 0 bridgehead atoms. The minimum absolute atomic E-state index is 0.0806. The van der Waals surface area contributed by atoms with Crippen LogP contribution < -0.4 is 5.32 Å². The lowest BCUT2D eigenvalue weighted by Crippen LogP contribution is -1.95. The van der Waals surface area contributed by atoms with E-state index in [9.17, 15) is 0 Å². The Hall–Kier alpha value is -3.82. The molecular formula is C23H17N3. The maximum atomic E-state index is 8.98. The number of nitrogens with zero attached hydrogens (tertiary/aromatic N) is 2. The van der Waals surface area contributed by atoms with Gasteiger partial charge < -0.3 is 5.32 Å². The van der Waals surface area contributed by atoms with Crippen molar-refractivity contribution in [3.8, 4) is 12.1 Å². The lowest BCUT2D eigenvalue weighted by molar-refractivity contribution is 1.19. The fourth-order valence-corrected chi connectivity index (χ4v) is 2.73. The fraction of sp³-hybridized carbons (Fsp3) is 0.0435. The van der Waals surface area contributed by atoms with Crippen molar-refractivity contribution in [2.75, 3.05) is 5.32 Å². The molecule has 1 N–H and O–H groups in total. The molecule has 0 aromatic heterocycles. The Bertz CT molecular complexity index is 989. The maximum absolute atomic E-state index is 8.98. The van der Waals surface area contributed by atoms with Crippen molar-refractivity contribution in [3.05, 3.63) is 101 Å². The van der Waals surface area contributed by atoms with Crippen LogP contribution in [0.2, 0.25) is 0 Å². The van der Waals surface area contributed by atoms with Crippen molar-refractivity contribution in [2.45, 2.75) is 6.42 Å². The number of hydrogen-bond donors (Lipinski definition) is 1. The number of benzene rings is 3. The van der Waals surface area contributed by atoms with E-state index in [0.29, 0.717) is 0 Å². The smallest absolute Gasteiger partial charge is 0.130 e. The molecule has 0 radical (unpaired) electrons. The molecular weight excluding hydrogens is 318 g/mol. The Balaban J connectivity index is 1.84. The van der Waals surface area contributed by atoms with E-state index in [1.165, 1.54) is 11.1 Å². The van der Waals surface area contributed by atoms with Crippen LogP contribution in [0.1, 0.15) is 16.7 Å². The van der Waals surface area contributed by atoms with Gasteiger partial charge in [0.25, 0.3) is 0 Å². The highest BCUT2D eigenvalue weighted by Gasteiger charge is 2.03. The predicted molar refractivity (Wildman–Crippen MR) is 105 cm³/mol. The van der Waals surface area contributed by atoms with Crippen LogP contribution in [0.3, 0.4) is 0 Å². The number of allylic oxidation sites excluding steroid dienone is 1. The summed E-state index contributed by atoms with van der Waals surface area (Å²) in [5.41, 5.74) is 5.18. The normalized spacial score (nSPS) is 9.62. The third-order valence-electron chi connectivity index (χ3n) is 3.96. The lowest BCUT2D eigenvalue weighted by Gasteiger charge is -2.11. The largest absolute Gasteiger partial charge is 0.355 e. The van der Waals surface area contributed by atoms with E-state index in [0.717, 1.165) is 23.4 Å². The quantitative estimate of drug-likeness (QED) is 0.631. The highest BCUT2D eigenvalue weighted by molar-refractivity contribution is 5.75. The second-order valence-corrected chi connectivity index (χ2v) is 5.86. The summed E-state index contributed by atoms with van der Waals surface area (Å²) in [6.45, 7) is 0. The molecule has 0 unspecified atom stereocenters. The first-order valence-electron chi connectivity index (χ1n) is 8.29. The molecule has 3 aromatic rings. The highest BCUT2D eigenvalue weighted by atomic mass is 14.9. The van der Waals surface area contributed by atoms with Gasteiger partial charge in [-0.25, -0.2) is 0 Å². The molecule has 3 rings (SSSR count). The van der Waals surface area contributed by atoms with Gasteiger partial charge in [0.15, 0.2) is 0 Å². The summed E-state index contributed by atoms with van der Waals surface area (Å²) in [5, 5.41) is 21.4. The zero-order valence-corrected chi connectivity index (χ0v) is 14.2. The van der Waals surface area contributed by atoms with Crippen molar-refractivity contribution in [2.24, 2.45) is 0 Å². The first-order chi connectivity index (χ1) is 12.8. The summed E-state index contributed by atoms with van der Waals surface area (Å²) in [6, 6.07) is 30.0. The number of hydrogen-bond acceptors (Lipinski definition) is 3. The van der Waals surface area contributed by atoms with Crippen molar-refractivity contribution in [1.82, 2.24) is 0 Å². The molecule has 0 saturated carbocycles. The first kappa shape index (κ1) is 17.0.